The van der Waals surface area contributed by atoms with E-state index in [-0.39, 0.29) is 5.02 Å². The molecule has 0 spiro atoms. The zero-order valence-corrected chi connectivity index (χ0v) is 12.0. The minimum atomic E-state index is -0.466. The first-order valence-corrected chi connectivity index (χ1v) is 6.93. The lowest BCUT2D eigenvalue weighted by Crippen LogP contribution is -2.14. The molecule has 0 aromatic heterocycles. The van der Waals surface area contributed by atoms with Crippen molar-refractivity contribution < 1.29 is 9.13 Å². The highest BCUT2D eigenvalue weighted by molar-refractivity contribution is 6.30. The molecule has 0 radical (unpaired) electrons. The summed E-state index contributed by atoms with van der Waals surface area (Å²) >= 11 is 5.69. The number of hydrogen-bond acceptors (Lipinski definition) is 2. The van der Waals surface area contributed by atoms with Gasteiger partial charge < -0.3 is 10.5 Å². The van der Waals surface area contributed by atoms with Crippen LogP contribution in [0.4, 0.5) is 4.39 Å². The van der Waals surface area contributed by atoms with Crippen LogP contribution in [-0.4, -0.2) is 6.61 Å². The van der Waals surface area contributed by atoms with Crippen LogP contribution >= 0.6 is 11.6 Å². The molecule has 106 valence electrons. The van der Waals surface area contributed by atoms with Gasteiger partial charge in [-0.3, -0.25) is 0 Å². The topological polar surface area (TPSA) is 35.2 Å². The monoisotopic (exact) mass is 293 g/mol. The SMILES string of the molecule is CCCOc1ccccc1C(N)c1ccc(Cl)c(F)c1. The maximum atomic E-state index is 13.5. The second kappa shape index (κ2) is 6.73. The van der Waals surface area contributed by atoms with Crippen LogP contribution in [0.5, 0.6) is 5.75 Å². The maximum Gasteiger partial charge on any atom is 0.142 e. The molecule has 20 heavy (non-hydrogen) atoms. The van der Waals surface area contributed by atoms with Gasteiger partial charge in [-0.2, -0.15) is 0 Å². The van der Waals surface area contributed by atoms with Gasteiger partial charge in [-0.15, -0.1) is 0 Å². The van der Waals surface area contributed by atoms with Crippen LogP contribution in [0.2, 0.25) is 5.02 Å². The van der Waals surface area contributed by atoms with E-state index >= 15 is 0 Å². The summed E-state index contributed by atoms with van der Waals surface area (Å²) in [6, 6.07) is 11.7. The Kier molecular flexibility index (Phi) is 4.99. The Morgan fingerprint density at radius 3 is 2.70 bits per heavy atom. The molecule has 1 atom stereocenters. The van der Waals surface area contributed by atoms with Gasteiger partial charge in [0.2, 0.25) is 0 Å². The van der Waals surface area contributed by atoms with Gasteiger partial charge in [0.1, 0.15) is 11.6 Å². The lowest BCUT2D eigenvalue weighted by molar-refractivity contribution is 0.313. The Labute approximate surface area is 123 Å². The van der Waals surface area contributed by atoms with Crippen LogP contribution in [0.3, 0.4) is 0 Å². The first-order chi connectivity index (χ1) is 9.63. The van der Waals surface area contributed by atoms with E-state index in [0.29, 0.717) is 12.2 Å². The van der Waals surface area contributed by atoms with Crippen LogP contribution in [0.15, 0.2) is 42.5 Å². The summed E-state index contributed by atoms with van der Waals surface area (Å²) in [7, 11) is 0. The summed E-state index contributed by atoms with van der Waals surface area (Å²) in [5.74, 6) is 0.267. The van der Waals surface area contributed by atoms with Gasteiger partial charge in [0, 0.05) is 5.56 Å². The molecule has 0 aliphatic carbocycles. The van der Waals surface area contributed by atoms with Gasteiger partial charge in [-0.25, -0.2) is 4.39 Å². The van der Waals surface area contributed by atoms with Crippen LogP contribution < -0.4 is 10.5 Å². The number of nitrogens with two attached hydrogens (primary N) is 1. The van der Waals surface area contributed by atoms with Crippen LogP contribution in [0.1, 0.15) is 30.5 Å². The molecule has 0 fully saturated rings. The standard InChI is InChI=1S/C16H17ClFNO/c1-2-9-20-15-6-4-3-5-12(15)16(19)11-7-8-13(17)14(18)10-11/h3-8,10,16H,2,9,19H2,1H3. The van der Waals surface area contributed by atoms with Gasteiger partial charge in [0.15, 0.2) is 0 Å². The maximum absolute atomic E-state index is 13.5. The first-order valence-electron chi connectivity index (χ1n) is 6.55. The molecular weight excluding hydrogens is 277 g/mol. The summed E-state index contributed by atoms with van der Waals surface area (Å²) < 4.78 is 19.2. The Balaban J connectivity index is 2.32. The molecular formula is C16H17ClFNO. The van der Waals surface area contributed by atoms with Gasteiger partial charge in [-0.05, 0) is 30.2 Å². The van der Waals surface area contributed by atoms with Crippen molar-refractivity contribution in [3.05, 3.63) is 64.4 Å². The Bertz CT molecular complexity index is 588. The summed E-state index contributed by atoms with van der Waals surface area (Å²) in [6.45, 7) is 2.66. The Hall–Kier alpha value is -1.58. The highest BCUT2D eigenvalue weighted by atomic mass is 35.5. The van der Waals surface area contributed by atoms with Gasteiger partial charge >= 0.3 is 0 Å². The molecule has 0 amide bonds. The van der Waals surface area contributed by atoms with Gasteiger partial charge in [0.25, 0.3) is 0 Å². The fraction of sp³-hybridized carbons (Fsp3) is 0.250. The number of hydrogen-bond donors (Lipinski definition) is 1. The lowest BCUT2D eigenvalue weighted by Gasteiger charge is -2.17. The van der Waals surface area contributed by atoms with E-state index in [0.717, 1.165) is 17.7 Å². The van der Waals surface area contributed by atoms with E-state index in [1.807, 2.05) is 31.2 Å². The largest absolute Gasteiger partial charge is 0.493 e. The third kappa shape index (κ3) is 3.30. The van der Waals surface area contributed by atoms with Crippen LogP contribution in [-0.2, 0) is 0 Å². The molecule has 0 aliphatic rings. The fourth-order valence-electron chi connectivity index (χ4n) is 1.97. The molecule has 4 heteroatoms. The minimum absolute atomic E-state index is 0.0940. The molecule has 2 nitrogen and oxygen atoms in total. The quantitative estimate of drug-likeness (QED) is 0.891. The summed E-state index contributed by atoms with van der Waals surface area (Å²) in [6.07, 6.45) is 0.916. The predicted molar refractivity (Wildman–Crippen MR) is 79.7 cm³/mol. The molecule has 0 aliphatic heterocycles. The van der Waals surface area contributed by atoms with Crippen molar-refractivity contribution in [3.8, 4) is 5.75 Å². The minimum Gasteiger partial charge on any atom is -0.493 e. The summed E-state index contributed by atoms with van der Waals surface area (Å²) in [5, 5.41) is 0.0940. The number of halogens is 2. The highest BCUT2D eigenvalue weighted by Crippen LogP contribution is 2.29. The zero-order chi connectivity index (χ0) is 14.5. The van der Waals surface area contributed by atoms with Gasteiger partial charge in [-0.1, -0.05) is 42.8 Å². The van der Waals surface area contributed by atoms with Crippen molar-refractivity contribution in [2.24, 2.45) is 5.73 Å². The zero-order valence-electron chi connectivity index (χ0n) is 11.3. The Morgan fingerprint density at radius 2 is 2.00 bits per heavy atom. The molecule has 0 heterocycles. The first kappa shape index (κ1) is 14.8. The van der Waals surface area contributed by atoms with Crippen molar-refractivity contribution in [3.63, 3.8) is 0 Å². The van der Waals surface area contributed by atoms with Gasteiger partial charge in [0.05, 0.1) is 17.7 Å². The molecule has 2 aromatic rings. The van der Waals surface area contributed by atoms with E-state index in [2.05, 4.69) is 0 Å². The van der Waals surface area contributed by atoms with Crippen molar-refractivity contribution in [2.45, 2.75) is 19.4 Å². The molecule has 0 saturated heterocycles. The van der Waals surface area contributed by atoms with Crippen molar-refractivity contribution in [1.82, 2.24) is 0 Å². The molecule has 2 aromatic carbocycles. The molecule has 0 bridgehead atoms. The van der Waals surface area contributed by atoms with E-state index in [4.69, 9.17) is 22.1 Å². The van der Waals surface area contributed by atoms with Crippen LogP contribution in [0, 0.1) is 5.82 Å². The number of rotatable bonds is 5. The third-order valence-corrected chi connectivity index (χ3v) is 3.33. The van der Waals surface area contributed by atoms with Crippen LogP contribution in [0.25, 0.3) is 0 Å². The second-order valence-electron chi connectivity index (χ2n) is 4.54. The average molecular weight is 294 g/mol. The summed E-state index contributed by atoms with van der Waals surface area (Å²) in [4.78, 5) is 0. The fourth-order valence-corrected chi connectivity index (χ4v) is 2.08. The lowest BCUT2D eigenvalue weighted by atomic mass is 9.98. The number of ether oxygens (including phenoxy) is 1. The molecule has 2 N–H and O–H groups in total. The smallest absolute Gasteiger partial charge is 0.142 e. The summed E-state index contributed by atoms with van der Waals surface area (Å²) in [5.41, 5.74) is 7.72. The highest BCUT2D eigenvalue weighted by Gasteiger charge is 2.15. The molecule has 2 rings (SSSR count). The number of benzene rings is 2. The van der Waals surface area contributed by atoms with Crippen molar-refractivity contribution in [2.75, 3.05) is 6.61 Å². The van der Waals surface area contributed by atoms with E-state index < -0.39 is 11.9 Å². The third-order valence-electron chi connectivity index (χ3n) is 3.02. The normalized spacial score (nSPS) is 12.2. The Morgan fingerprint density at radius 1 is 1.25 bits per heavy atom. The molecule has 0 saturated carbocycles. The second-order valence-corrected chi connectivity index (χ2v) is 4.94. The van der Waals surface area contributed by atoms with E-state index in [9.17, 15) is 4.39 Å². The van der Waals surface area contributed by atoms with Crippen molar-refractivity contribution in [1.29, 1.82) is 0 Å². The van der Waals surface area contributed by atoms with Crippen molar-refractivity contribution >= 4 is 11.6 Å². The van der Waals surface area contributed by atoms with E-state index in [1.54, 1.807) is 6.07 Å². The van der Waals surface area contributed by atoms with E-state index in [1.165, 1.54) is 12.1 Å². The molecule has 1 unspecified atom stereocenters. The number of para-hydroxylation sites is 1. The average Bonchev–Trinajstić information content (AvgIpc) is 2.47. The predicted octanol–water partition coefficient (Wildman–Crippen LogP) is 4.32.